The van der Waals surface area contributed by atoms with Gasteiger partial charge in [-0.25, -0.2) is 0 Å². The van der Waals surface area contributed by atoms with Crippen LogP contribution in [-0.2, 0) is 9.47 Å². The molecule has 1 heterocycles. The van der Waals surface area contributed by atoms with Crippen molar-refractivity contribution in [2.75, 3.05) is 38.3 Å². The molecule has 1 fully saturated rings. The van der Waals surface area contributed by atoms with Gasteiger partial charge in [-0.15, -0.1) is 24.0 Å². The van der Waals surface area contributed by atoms with E-state index in [-0.39, 0.29) is 24.0 Å². The summed E-state index contributed by atoms with van der Waals surface area (Å²) in [6, 6.07) is 6.25. The van der Waals surface area contributed by atoms with E-state index in [2.05, 4.69) is 42.4 Å². The van der Waals surface area contributed by atoms with Crippen LogP contribution in [-0.4, -0.2) is 38.9 Å². The second-order valence-electron chi connectivity index (χ2n) is 5.93. The molecule has 5 nitrogen and oxygen atoms in total. The highest BCUT2D eigenvalue weighted by atomic mass is 127. The zero-order valence-corrected chi connectivity index (χ0v) is 16.3. The molecular formula is C17H28IN3O2. The molecule has 1 atom stereocenters. The molecule has 0 radical (unpaired) electrons. The molecule has 0 aliphatic carbocycles. The van der Waals surface area contributed by atoms with Crippen LogP contribution < -0.4 is 11.1 Å². The van der Waals surface area contributed by atoms with Gasteiger partial charge in [0.1, 0.15) is 0 Å². The van der Waals surface area contributed by atoms with Gasteiger partial charge in [0, 0.05) is 31.4 Å². The number of benzene rings is 1. The number of aliphatic imine (C=N–C) groups is 1. The van der Waals surface area contributed by atoms with Crippen LogP contribution in [0, 0.1) is 19.8 Å². The summed E-state index contributed by atoms with van der Waals surface area (Å²) in [6.07, 6.45) is 1.99. The molecule has 1 aliphatic heterocycles. The highest BCUT2D eigenvalue weighted by Gasteiger charge is 2.14. The molecule has 1 aliphatic rings. The minimum Gasteiger partial charge on any atom is -0.381 e. The SMILES string of the molecule is Cc1cc(C)cc(NC(N)=NCCCOCC2CCOC2)c1.I. The molecule has 130 valence electrons. The number of anilines is 1. The number of halogens is 1. The van der Waals surface area contributed by atoms with E-state index in [9.17, 15) is 0 Å². The Morgan fingerprint density at radius 1 is 1.35 bits per heavy atom. The van der Waals surface area contributed by atoms with Gasteiger partial charge in [0.2, 0.25) is 0 Å². The quantitative estimate of drug-likeness (QED) is 0.300. The highest BCUT2D eigenvalue weighted by molar-refractivity contribution is 14.0. The van der Waals surface area contributed by atoms with Crippen molar-refractivity contribution >= 4 is 35.6 Å². The first-order valence-corrected chi connectivity index (χ1v) is 7.94. The summed E-state index contributed by atoms with van der Waals surface area (Å²) in [5.74, 6) is 1.02. The molecule has 23 heavy (non-hydrogen) atoms. The third-order valence-corrected chi connectivity index (χ3v) is 3.60. The fourth-order valence-electron chi connectivity index (χ4n) is 2.57. The van der Waals surface area contributed by atoms with Crippen LogP contribution >= 0.6 is 24.0 Å². The third-order valence-electron chi connectivity index (χ3n) is 3.60. The molecule has 6 heteroatoms. The molecule has 3 N–H and O–H groups in total. The van der Waals surface area contributed by atoms with E-state index in [1.165, 1.54) is 11.1 Å². The summed E-state index contributed by atoms with van der Waals surface area (Å²) >= 11 is 0. The molecule has 0 bridgehead atoms. The van der Waals surface area contributed by atoms with Gasteiger partial charge in [-0.2, -0.15) is 0 Å². The summed E-state index contributed by atoms with van der Waals surface area (Å²) in [5, 5.41) is 3.13. The van der Waals surface area contributed by atoms with Crippen molar-refractivity contribution < 1.29 is 9.47 Å². The maximum atomic E-state index is 5.90. The Labute approximate surface area is 156 Å². The number of aryl methyl sites for hydroxylation is 2. The van der Waals surface area contributed by atoms with Crippen LogP contribution in [0.2, 0.25) is 0 Å². The Hall–Kier alpha value is -0.860. The lowest BCUT2D eigenvalue weighted by Gasteiger charge is -2.09. The lowest BCUT2D eigenvalue weighted by Crippen LogP contribution is -2.23. The molecule has 0 saturated carbocycles. The van der Waals surface area contributed by atoms with Crippen LogP contribution in [0.5, 0.6) is 0 Å². The number of nitrogens with two attached hydrogens (primary N) is 1. The average Bonchev–Trinajstić information content (AvgIpc) is 2.94. The average molecular weight is 433 g/mol. The Kier molecular flexibility index (Phi) is 9.50. The van der Waals surface area contributed by atoms with Gasteiger partial charge in [-0.1, -0.05) is 6.07 Å². The molecule has 1 unspecified atom stereocenters. The van der Waals surface area contributed by atoms with E-state index >= 15 is 0 Å². The fourth-order valence-corrected chi connectivity index (χ4v) is 2.57. The fraction of sp³-hybridized carbons (Fsp3) is 0.588. The predicted octanol–water partition coefficient (Wildman–Crippen LogP) is 3.09. The molecule has 0 aromatic heterocycles. The number of hydrogen-bond acceptors (Lipinski definition) is 3. The van der Waals surface area contributed by atoms with E-state index in [0.29, 0.717) is 18.4 Å². The van der Waals surface area contributed by atoms with Crippen molar-refractivity contribution in [2.45, 2.75) is 26.7 Å². The smallest absolute Gasteiger partial charge is 0.193 e. The molecule has 2 rings (SSSR count). The zero-order chi connectivity index (χ0) is 15.8. The number of nitrogens with zero attached hydrogens (tertiary/aromatic N) is 1. The first-order chi connectivity index (χ1) is 10.6. The van der Waals surface area contributed by atoms with Gasteiger partial charge < -0.3 is 20.5 Å². The Morgan fingerprint density at radius 2 is 2.09 bits per heavy atom. The van der Waals surface area contributed by atoms with Crippen LogP contribution in [0.15, 0.2) is 23.2 Å². The standard InChI is InChI=1S/C17H27N3O2.HI/c1-13-8-14(2)10-16(9-13)20-17(18)19-5-3-6-21-11-15-4-7-22-12-15;/h8-10,15H,3-7,11-12H2,1-2H3,(H3,18,19,20);1H. The van der Waals surface area contributed by atoms with Crippen molar-refractivity contribution in [1.82, 2.24) is 0 Å². The van der Waals surface area contributed by atoms with Crippen LogP contribution in [0.1, 0.15) is 24.0 Å². The number of ether oxygens (including phenoxy) is 2. The van der Waals surface area contributed by atoms with Gasteiger partial charge in [-0.3, -0.25) is 4.99 Å². The molecule has 0 amide bonds. The number of nitrogens with one attached hydrogen (secondary N) is 1. The maximum Gasteiger partial charge on any atom is 0.193 e. The molecule has 1 aromatic carbocycles. The minimum atomic E-state index is 0. The second kappa shape index (κ2) is 10.8. The molecule has 1 saturated heterocycles. The Morgan fingerprint density at radius 3 is 2.74 bits per heavy atom. The minimum absolute atomic E-state index is 0. The van der Waals surface area contributed by atoms with E-state index in [4.69, 9.17) is 15.2 Å². The van der Waals surface area contributed by atoms with Gasteiger partial charge in [0.15, 0.2) is 5.96 Å². The number of rotatable bonds is 7. The van der Waals surface area contributed by atoms with Crippen LogP contribution in [0.4, 0.5) is 5.69 Å². The van der Waals surface area contributed by atoms with Crippen molar-refractivity contribution in [3.05, 3.63) is 29.3 Å². The summed E-state index contributed by atoms with van der Waals surface area (Å²) in [6.45, 7) is 8.03. The van der Waals surface area contributed by atoms with Crippen molar-refractivity contribution in [1.29, 1.82) is 0 Å². The summed E-state index contributed by atoms with van der Waals surface area (Å²) in [4.78, 5) is 4.33. The third kappa shape index (κ3) is 7.99. The lowest BCUT2D eigenvalue weighted by molar-refractivity contribution is 0.0893. The van der Waals surface area contributed by atoms with Crippen LogP contribution in [0.3, 0.4) is 0 Å². The Bertz CT molecular complexity index is 482. The van der Waals surface area contributed by atoms with Gasteiger partial charge in [0.25, 0.3) is 0 Å². The summed E-state index contributed by atoms with van der Waals surface area (Å²) in [5.41, 5.74) is 9.30. The van der Waals surface area contributed by atoms with Crippen molar-refractivity contribution in [3.8, 4) is 0 Å². The molecule has 1 aromatic rings. The van der Waals surface area contributed by atoms with Gasteiger partial charge in [-0.05, 0) is 49.9 Å². The normalized spacial score (nSPS) is 17.8. The first-order valence-electron chi connectivity index (χ1n) is 7.94. The van der Waals surface area contributed by atoms with Crippen molar-refractivity contribution in [2.24, 2.45) is 16.6 Å². The molecular weight excluding hydrogens is 405 g/mol. The zero-order valence-electron chi connectivity index (χ0n) is 14.0. The number of hydrogen-bond donors (Lipinski definition) is 2. The number of guanidine groups is 1. The summed E-state index contributed by atoms with van der Waals surface area (Å²) < 4.78 is 11.0. The van der Waals surface area contributed by atoms with E-state index in [0.717, 1.165) is 45.0 Å². The Balaban J connectivity index is 0.00000264. The van der Waals surface area contributed by atoms with Gasteiger partial charge >= 0.3 is 0 Å². The molecule has 0 spiro atoms. The first kappa shape index (κ1) is 20.2. The van der Waals surface area contributed by atoms with Crippen molar-refractivity contribution in [3.63, 3.8) is 0 Å². The summed E-state index contributed by atoms with van der Waals surface area (Å²) in [7, 11) is 0. The second-order valence-corrected chi connectivity index (χ2v) is 5.93. The lowest BCUT2D eigenvalue weighted by atomic mass is 10.1. The highest BCUT2D eigenvalue weighted by Crippen LogP contribution is 2.13. The largest absolute Gasteiger partial charge is 0.381 e. The van der Waals surface area contributed by atoms with E-state index in [1.807, 2.05) is 0 Å². The van der Waals surface area contributed by atoms with E-state index < -0.39 is 0 Å². The van der Waals surface area contributed by atoms with Crippen LogP contribution in [0.25, 0.3) is 0 Å². The maximum absolute atomic E-state index is 5.90. The predicted molar refractivity (Wildman–Crippen MR) is 106 cm³/mol. The van der Waals surface area contributed by atoms with E-state index in [1.54, 1.807) is 0 Å². The monoisotopic (exact) mass is 433 g/mol. The van der Waals surface area contributed by atoms with Gasteiger partial charge in [0.05, 0.1) is 13.2 Å². The topological polar surface area (TPSA) is 68.9 Å².